The number of hydrogen-bond acceptors (Lipinski definition) is 1. The van der Waals surface area contributed by atoms with Crippen LogP contribution in [0.25, 0.3) is 0 Å². The second-order valence-corrected chi connectivity index (χ2v) is 9.73. The number of benzene rings is 1. The van der Waals surface area contributed by atoms with E-state index in [-0.39, 0.29) is 10.8 Å². The number of aliphatic hydroxyl groups excluding tert-OH is 1. The number of aliphatic hydroxyl groups is 1. The minimum Gasteiger partial charge on any atom is -0.515 e. The lowest BCUT2D eigenvalue weighted by molar-refractivity contribution is 0.331. The van der Waals surface area contributed by atoms with Crippen LogP contribution in [0.1, 0.15) is 82.9 Å². The van der Waals surface area contributed by atoms with Crippen molar-refractivity contribution in [2.45, 2.75) is 77.0 Å². The lowest BCUT2D eigenvalue weighted by Crippen LogP contribution is -2.34. The quantitative estimate of drug-likeness (QED) is 0.350. The smallest absolute Gasteiger partial charge is 0.0820 e. The SMILES string of the molecule is C=C1CC(/C=C/C(C)=C/O)C(c2ccc3c(c2)C(C)(C)CCC3(C)C)C1. The van der Waals surface area contributed by atoms with Crippen LogP contribution in [0.2, 0.25) is 0 Å². The fraction of sp³-hybridized carbons (Fsp3) is 0.520. The van der Waals surface area contributed by atoms with Crippen LogP contribution in [0, 0.1) is 5.92 Å². The zero-order valence-electron chi connectivity index (χ0n) is 17.1. The predicted molar refractivity (Wildman–Crippen MR) is 112 cm³/mol. The van der Waals surface area contributed by atoms with Gasteiger partial charge in [-0.25, -0.2) is 0 Å². The Morgan fingerprint density at radius 1 is 1.08 bits per heavy atom. The first-order valence-electron chi connectivity index (χ1n) is 9.95. The fourth-order valence-corrected chi connectivity index (χ4v) is 4.74. The normalized spacial score (nSPS) is 27.7. The van der Waals surface area contributed by atoms with Crippen LogP contribution in [0.5, 0.6) is 0 Å². The molecule has 0 spiro atoms. The van der Waals surface area contributed by atoms with Crippen molar-refractivity contribution in [2.75, 3.05) is 0 Å². The van der Waals surface area contributed by atoms with Crippen molar-refractivity contribution < 1.29 is 5.11 Å². The van der Waals surface area contributed by atoms with Crippen LogP contribution in [-0.2, 0) is 10.8 Å². The van der Waals surface area contributed by atoms with Gasteiger partial charge in [-0.1, -0.05) is 70.2 Å². The molecular weight excluding hydrogens is 316 g/mol. The van der Waals surface area contributed by atoms with Crippen molar-refractivity contribution in [3.8, 4) is 0 Å². The van der Waals surface area contributed by atoms with Crippen molar-refractivity contribution in [3.05, 3.63) is 71.0 Å². The Balaban J connectivity index is 1.99. The number of hydrogen-bond donors (Lipinski definition) is 1. The van der Waals surface area contributed by atoms with Gasteiger partial charge in [-0.3, -0.25) is 0 Å². The van der Waals surface area contributed by atoms with E-state index in [2.05, 4.69) is 58.5 Å². The van der Waals surface area contributed by atoms with E-state index in [1.165, 1.54) is 41.4 Å². The van der Waals surface area contributed by atoms with Crippen molar-refractivity contribution >= 4 is 0 Å². The maximum atomic E-state index is 9.15. The average molecular weight is 351 g/mol. The molecule has 1 aromatic carbocycles. The van der Waals surface area contributed by atoms with Gasteiger partial charge in [0.1, 0.15) is 0 Å². The molecule has 2 aliphatic carbocycles. The van der Waals surface area contributed by atoms with Crippen LogP contribution >= 0.6 is 0 Å². The van der Waals surface area contributed by atoms with Gasteiger partial charge in [-0.15, -0.1) is 0 Å². The summed E-state index contributed by atoms with van der Waals surface area (Å²) in [5.74, 6) is 0.964. The Bertz CT molecular complexity index is 760. The first-order chi connectivity index (χ1) is 12.1. The van der Waals surface area contributed by atoms with E-state index in [1.54, 1.807) is 0 Å². The molecule has 1 N–H and O–H groups in total. The highest BCUT2D eigenvalue weighted by molar-refractivity contribution is 5.45. The van der Waals surface area contributed by atoms with Crippen molar-refractivity contribution in [2.24, 2.45) is 5.92 Å². The van der Waals surface area contributed by atoms with Crippen LogP contribution in [0.15, 0.2) is 54.3 Å². The van der Waals surface area contributed by atoms with Gasteiger partial charge in [-0.05, 0) is 77.5 Å². The molecule has 2 atom stereocenters. The van der Waals surface area contributed by atoms with E-state index in [1.807, 2.05) is 13.0 Å². The van der Waals surface area contributed by atoms with Gasteiger partial charge < -0.3 is 5.11 Å². The summed E-state index contributed by atoms with van der Waals surface area (Å²) in [4.78, 5) is 0. The third-order valence-corrected chi connectivity index (χ3v) is 6.66. The average Bonchev–Trinajstić information content (AvgIpc) is 2.97. The highest BCUT2D eigenvalue weighted by atomic mass is 16.2. The fourth-order valence-electron chi connectivity index (χ4n) is 4.74. The third kappa shape index (κ3) is 3.54. The first-order valence-corrected chi connectivity index (χ1v) is 9.95. The zero-order valence-corrected chi connectivity index (χ0v) is 17.1. The van der Waals surface area contributed by atoms with Crippen LogP contribution in [0.3, 0.4) is 0 Å². The molecule has 2 unspecified atom stereocenters. The van der Waals surface area contributed by atoms with Gasteiger partial charge in [0, 0.05) is 0 Å². The molecule has 1 fully saturated rings. The van der Waals surface area contributed by atoms with Gasteiger partial charge in [0.15, 0.2) is 0 Å². The molecule has 3 rings (SSSR count). The summed E-state index contributed by atoms with van der Waals surface area (Å²) in [5, 5.41) is 9.15. The number of rotatable bonds is 3. The topological polar surface area (TPSA) is 20.2 Å². The summed E-state index contributed by atoms with van der Waals surface area (Å²) in [7, 11) is 0. The van der Waals surface area contributed by atoms with Crippen molar-refractivity contribution in [1.29, 1.82) is 0 Å². The van der Waals surface area contributed by atoms with E-state index < -0.39 is 0 Å². The standard InChI is InChI=1S/C25H34O/c1-17(16-26)7-8-19-13-18(2)14-21(19)20-9-10-22-23(15-20)25(5,6)12-11-24(22,3)4/h7-10,15-16,19,21,26H,2,11-14H2,1,3-6H3/b8-7+,17-16+. The Hall–Kier alpha value is -1.76. The third-order valence-electron chi connectivity index (χ3n) is 6.66. The summed E-state index contributed by atoms with van der Waals surface area (Å²) in [6.45, 7) is 15.8. The first kappa shape index (κ1) is 19.0. The summed E-state index contributed by atoms with van der Waals surface area (Å²) >= 11 is 0. The lowest BCUT2D eigenvalue weighted by Gasteiger charge is -2.42. The van der Waals surface area contributed by atoms with Crippen LogP contribution in [0.4, 0.5) is 0 Å². The minimum atomic E-state index is 0.248. The predicted octanol–water partition coefficient (Wildman–Crippen LogP) is 7.10. The zero-order chi connectivity index (χ0) is 19.1. The number of allylic oxidation sites excluding steroid dienone is 4. The Morgan fingerprint density at radius 3 is 2.38 bits per heavy atom. The molecule has 0 heterocycles. The van der Waals surface area contributed by atoms with Crippen LogP contribution in [-0.4, -0.2) is 5.11 Å². The summed E-state index contributed by atoms with van der Waals surface area (Å²) in [5.41, 5.74) is 7.28. The minimum absolute atomic E-state index is 0.248. The summed E-state index contributed by atoms with van der Waals surface area (Å²) < 4.78 is 0. The molecule has 26 heavy (non-hydrogen) atoms. The Morgan fingerprint density at radius 2 is 1.73 bits per heavy atom. The van der Waals surface area contributed by atoms with Crippen LogP contribution < -0.4 is 0 Å². The van der Waals surface area contributed by atoms with E-state index in [0.29, 0.717) is 11.8 Å². The van der Waals surface area contributed by atoms with Crippen molar-refractivity contribution in [3.63, 3.8) is 0 Å². The Kier molecular flexibility index (Phi) is 4.94. The van der Waals surface area contributed by atoms with E-state index in [9.17, 15) is 0 Å². The summed E-state index contributed by atoms with van der Waals surface area (Å²) in [6, 6.07) is 7.25. The van der Waals surface area contributed by atoms with E-state index in [0.717, 1.165) is 18.4 Å². The highest BCUT2D eigenvalue weighted by Crippen LogP contribution is 2.49. The molecule has 140 valence electrons. The molecule has 2 aliphatic rings. The van der Waals surface area contributed by atoms with Gasteiger partial charge in [0.2, 0.25) is 0 Å². The van der Waals surface area contributed by atoms with E-state index >= 15 is 0 Å². The monoisotopic (exact) mass is 350 g/mol. The molecule has 0 radical (unpaired) electrons. The number of fused-ring (bicyclic) bond motifs is 1. The molecule has 0 saturated heterocycles. The summed E-state index contributed by atoms with van der Waals surface area (Å²) in [6.07, 6.45) is 10.1. The largest absolute Gasteiger partial charge is 0.515 e. The van der Waals surface area contributed by atoms with Gasteiger partial charge >= 0.3 is 0 Å². The van der Waals surface area contributed by atoms with Crippen molar-refractivity contribution in [1.82, 2.24) is 0 Å². The van der Waals surface area contributed by atoms with E-state index in [4.69, 9.17) is 5.11 Å². The molecule has 1 aromatic rings. The molecule has 1 saturated carbocycles. The maximum absolute atomic E-state index is 9.15. The second-order valence-electron chi connectivity index (χ2n) is 9.73. The molecule has 1 heteroatoms. The lowest BCUT2D eigenvalue weighted by atomic mass is 9.62. The Labute approximate surface area is 159 Å². The molecule has 0 amide bonds. The maximum Gasteiger partial charge on any atom is 0.0820 e. The second kappa shape index (κ2) is 6.76. The molecule has 0 bridgehead atoms. The molecule has 0 aromatic heterocycles. The molecule has 0 aliphatic heterocycles. The highest BCUT2D eigenvalue weighted by Gasteiger charge is 2.38. The molecule has 1 nitrogen and oxygen atoms in total. The van der Waals surface area contributed by atoms with Gasteiger partial charge in [-0.2, -0.15) is 0 Å². The molecular formula is C25H34O. The van der Waals surface area contributed by atoms with Gasteiger partial charge in [0.25, 0.3) is 0 Å². The van der Waals surface area contributed by atoms with Gasteiger partial charge in [0.05, 0.1) is 6.26 Å².